The Labute approximate surface area is 129 Å². The number of likely N-dealkylation sites (N-methyl/N-ethyl adjacent to an activating group) is 1. The Morgan fingerprint density at radius 2 is 1.86 bits per heavy atom. The van der Waals surface area contributed by atoms with Gasteiger partial charge in [-0.2, -0.15) is 0 Å². The van der Waals surface area contributed by atoms with Crippen LogP contribution in [0.3, 0.4) is 0 Å². The number of hydrogen-bond acceptors (Lipinski definition) is 4. The molecule has 124 valence electrons. The molecule has 2 aliphatic rings. The molecule has 1 heterocycles. The van der Waals surface area contributed by atoms with E-state index in [1.54, 1.807) is 0 Å². The largest absolute Gasteiger partial charge is 0.376 e. The van der Waals surface area contributed by atoms with E-state index in [2.05, 4.69) is 19.2 Å². The Hall–Kier alpha value is -0.160. The lowest BCUT2D eigenvalue weighted by atomic mass is 9.87. The minimum Gasteiger partial charge on any atom is -0.376 e. The van der Waals surface area contributed by atoms with Gasteiger partial charge in [-0.15, -0.1) is 0 Å². The molecule has 2 fully saturated rings. The van der Waals surface area contributed by atoms with Crippen LogP contribution >= 0.6 is 0 Å². The Morgan fingerprint density at radius 1 is 1.10 bits per heavy atom. The zero-order valence-electron chi connectivity index (χ0n) is 13.9. The van der Waals surface area contributed by atoms with E-state index in [4.69, 9.17) is 14.2 Å². The highest BCUT2D eigenvalue weighted by atomic mass is 16.7. The van der Waals surface area contributed by atoms with Gasteiger partial charge in [-0.05, 0) is 19.4 Å². The summed E-state index contributed by atoms with van der Waals surface area (Å²) >= 11 is 0. The van der Waals surface area contributed by atoms with Gasteiger partial charge in [0.1, 0.15) is 0 Å². The van der Waals surface area contributed by atoms with Crippen LogP contribution in [-0.4, -0.2) is 44.3 Å². The molecule has 0 amide bonds. The molecule has 1 aliphatic heterocycles. The van der Waals surface area contributed by atoms with Gasteiger partial charge in [0.25, 0.3) is 0 Å². The van der Waals surface area contributed by atoms with Crippen molar-refractivity contribution in [1.29, 1.82) is 0 Å². The highest BCUT2D eigenvalue weighted by molar-refractivity contribution is 4.92. The van der Waals surface area contributed by atoms with E-state index in [9.17, 15) is 0 Å². The maximum Gasteiger partial charge on any atom is 0.171 e. The van der Waals surface area contributed by atoms with Gasteiger partial charge in [-0.1, -0.05) is 39.5 Å². The molecule has 1 aliphatic carbocycles. The van der Waals surface area contributed by atoms with Crippen molar-refractivity contribution in [3.63, 3.8) is 0 Å². The summed E-state index contributed by atoms with van der Waals surface area (Å²) in [4.78, 5) is 0. The minimum atomic E-state index is -0.348. The monoisotopic (exact) mass is 299 g/mol. The summed E-state index contributed by atoms with van der Waals surface area (Å²) < 4.78 is 17.9. The first-order valence-electron chi connectivity index (χ1n) is 8.92. The Morgan fingerprint density at radius 3 is 2.57 bits per heavy atom. The lowest BCUT2D eigenvalue weighted by Crippen LogP contribution is -2.52. The number of nitrogens with one attached hydrogen (secondary N) is 1. The normalized spacial score (nSPS) is 28.3. The van der Waals surface area contributed by atoms with E-state index in [0.29, 0.717) is 6.04 Å². The molecule has 1 spiro atoms. The van der Waals surface area contributed by atoms with Crippen LogP contribution in [0.15, 0.2) is 0 Å². The fraction of sp³-hybridized carbons (Fsp3) is 1.00. The van der Waals surface area contributed by atoms with Crippen molar-refractivity contribution in [3.05, 3.63) is 0 Å². The van der Waals surface area contributed by atoms with Crippen molar-refractivity contribution in [2.45, 2.75) is 83.1 Å². The van der Waals surface area contributed by atoms with Gasteiger partial charge >= 0.3 is 0 Å². The second-order valence-corrected chi connectivity index (χ2v) is 6.34. The van der Waals surface area contributed by atoms with Crippen molar-refractivity contribution in [2.75, 3.05) is 26.4 Å². The molecule has 0 aromatic heterocycles. The molecule has 2 atom stereocenters. The zero-order chi connectivity index (χ0) is 15.0. The number of hydrogen-bond donors (Lipinski definition) is 1. The van der Waals surface area contributed by atoms with Crippen LogP contribution in [0.2, 0.25) is 0 Å². The molecule has 1 saturated carbocycles. The lowest BCUT2D eigenvalue weighted by Gasteiger charge is -2.41. The van der Waals surface area contributed by atoms with Gasteiger partial charge in [0.2, 0.25) is 0 Å². The standard InChI is InChI=1S/C17H33NO3/c1-3-5-6-7-8-11-19-16-14-17(20-12-13-21-17)10-9-15(16)18-4-2/h15-16,18H,3-14H2,1-2H3. The van der Waals surface area contributed by atoms with Crippen LogP contribution in [-0.2, 0) is 14.2 Å². The predicted molar refractivity (Wildman–Crippen MR) is 84.4 cm³/mol. The fourth-order valence-corrected chi connectivity index (χ4v) is 3.48. The summed E-state index contributed by atoms with van der Waals surface area (Å²) in [5.74, 6) is -0.348. The lowest BCUT2D eigenvalue weighted by molar-refractivity contribution is -0.207. The van der Waals surface area contributed by atoms with E-state index >= 15 is 0 Å². The smallest absolute Gasteiger partial charge is 0.171 e. The molecular formula is C17H33NO3. The van der Waals surface area contributed by atoms with Gasteiger partial charge in [0, 0.05) is 25.5 Å². The van der Waals surface area contributed by atoms with Crippen LogP contribution in [0, 0.1) is 0 Å². The quantitative estimate of drug-likeness (QED) is 0.663. The third-order valence-electron chi connectivity index (χ3n) is 4.66. The zero-order valence-corrected chi connectivity index (χ0v) is 13.9. The SMILES string of the molecule is CCCCCCCOC1CC2(CCC1NCC)OCCO2. The first-order chi connectivity index (χ1) is 10.3. The number of unbranched alkanes of at least 4 members (excludes halogenated alkanes) is 4. The topological polar surface area (TPSA) is 39.7 Å². The van der Waals surface area contributed by atoms with Crippen LogP contribution in [0.5, 0.6) is 0 Å². The van der Waals surface area contributed by atoms with Crippen molar-refractivity contribution >= 4 is 0 Å². The second kappa shape index (κ2) is 9.09. The second-order valence-electron chi connectivity index (χ2n) is 6.34. The summed E-state index contributed by atoms with van der Waals surface area (Å²) in [6, 6.07) is 0.448. The first kappa shape index (κ1) is 17.2. The Kier molecular flexibility index (Phi) is 7.44. The van der Waals surface area contributed by atoms with Gasteiger partial charge in [0.05, 0.1) is 19.3 Å². The van der Waals surface area contributed by atoms with Crippen molar-refractivity contribution in [1.82, 2.24) is 5.32 Å². The van der Waals surface area contributed by atoms with Crippen LogP contribution < -0.4 is 5.32 Å². The highest BCUT2D eigenvalue weighted by Crippen LogP contribution is 2.37. The van der Waals surface area contributed by atoms with Gasteiger partial charge in [-0.3, -0.25) is 0 Å². The minimum absolute atomic E-state index is 0.225. The van der Waals surface area contributed by atoms with Crippen molar-refractivity contribution in [2.24, 2.45) is 0 Å². The Balaban J connectivity index is 1.74. The predicted octanol–water partition coefficient (Wildman–Crippen LogP) is 3.25. The van der Waals surface area contributed by atoms with Crippen LogP contribution in [0.4, 0.5) is 0 Å². The molecule has 1 N–H and O–H groups in total. The molecule has 2 unspecified atom stereocenters. The molecule has 0 bridgehead atoms. The molecule has 1 saturated heterocycles. The Bertz CT molecular complexity index is 279. The highest BCUT2D eigenvalue weighted by Gasteiger charge is 2.45. The van der Waals surface area contributed by atoms with Gasteiger partial charge in [-0.25, -0.2) is 0 Å². The van der Waals surface area contributed by atoms with Crippen molar-refractivity contribution < 1.29 is 14.2 Å². The number of ether oxygens (including phenoxy) is 3. The molecular weight excluding hydrogens is 266 g/mol. The summed E-state index contributed by atoms with van der Waals surface area (Å²) in [5.41, 5.74) is 0. The fourth-order valence-electron chi connectivity index (χ4n) is 3.48. The van der Waals surface area contributed by atoms with Crippen LogP contribution in [0.1, 0.15) is 65.2 Å². The third kappa shape index (κ3) is 5.20. The van der Waals surface area contributed by atoms with E-state index < -0.39 is 0 Å². The van der Waals surface area contributed by atoms with E-state index in [0.717, 1.165) is 45.6 Å². The average molecular weight is 299 g/mol. The van der Waals surface area contributed by atoms with Gasteiger partial charge < -0.3 is 19.5 Å². The van der Waals surface area contributed by atoms with Gasteiger partial charge in [0.15, 0.2) is 5.79 Å². The maximum atomic E-state index is 6.19. The van der Waals surface area contributed by atoms with Crippen LogP contribution in [0.25, 0.3) is 0 Å². The molecule has 2 rings (SSSR count). The molecule has 4 heteroatoms. The third-order valence-corrected chi connectivity index (χ3v) is 4.66. The molecule has 0 radical (unpaired) electrons. The van der Waals surface area contributed by atoms with E-state index in [-0.39, 0.29) is 11.9 Å². The summed E-state index contributed by atoms with van der Waals surface area (Å²) in [6.07, 6.45) is 9.58. The molecule has 21 heavy (non-hydrogen) atoms. The summed E-state index contributed by atoms with van der Waals surface area (Å²) in [6.45, 7) is 7.74. The number of rotatable bonds is 9. The van der Waals surface area contributed by atoms with E-state index in [1.807, 2.05) is 0 Å². The van der Waals surface area contributed by atoms with E-state index in [1.165, 1.54) is 32.1 Å². The summed E-state index contributed by atoms with van der Waals surface area (Å²) in [5, 5.41) is 3.57. The maximum absolute atomic E-state index is 6.19. The summed E-state index contributed by atoms with van der Waals surface area (Å²) in [7, 11) is 0. The van der Waals surface area contributed by atoms with Crippen molar-refractivity contribution in [3.8, 4) is 0 Å². The molecule has 4 nitrogen and oxygen atoms in total. The average Bonchev–Trinajstić information content (AvgIpc) is 2.94. The first-order valence-corrected chi connectivity index (χ1v) is 8.92. The molecule has 0 aromatic rings. The molecule has 0 aromatic carbocycles.